The predicted molar refractivity (Wildman–Crippen MR) is 98.7 cm³/mol. The lowest BCUT2D eigenvalue weighted by atomic mass is 10.1. The molecule has 0 saturated carbocycles. The molecule has 0 aliphatic carbocycles. The van der Waals surface area contributed by atoms with Crippen molar-refractivity contribution in [2.45, 2.75) is 19.3 Å². The fourth-order valence-corrected chi connectivity index (χ4v) is 3.07. The number of nitrogens with zero attached hydrogens (tertiary/aromatic N) is 4. The third-order valence-corrected chi connectivity index (χ3v) is 4.80. The second-order valence-electron chi connectivity index (χ2n) is 6.23. The van der Waals surface area contributed by atoms with Gasteiger partial charge >= 0.3 is 18.4 Å². The summed E-state index contributed by atoms with van der Waals surface area (Å²) < 4.78 is 98.7. The SMILES string of the molecule is Cc1nc(N(C)C(=O)Oc2c(C(F)(F)F)cc(C(F)(F)F)nc2-c2nccs2)ccc1F. The third-order valence-electron chi connectivity index (χ3n) is 4.02. The summed E-state index contributed by atoms with van der Waals surface area (Å²) in [6.07, 6.45) is -10.8. The Morgan fingerprint density at radius 1 is 1.09 bits per heavy atom. The first-order valence-corrected chi connectivity index (χ1v) is 9.35. The van der Waals surface area contributed by atoms with Crippen molar-refractivity contribution in [2.75, 3.05) is 11.9 Å². The molecule has 0 spiro atoms. The van der Waals surface area contributed by atoms with Crippen LogP contribution in [0.4, 0.5) is 41.3 Å². The summed E-state index contributed by atoms with van der Waals surface area (Å²) in [6.45, 7) is 1.29. The summed E-state index contributed by atoms with van der Waals surface area (Å²) in [5, 5.41) is 0.968. The number of rotatable bonds is 3. The zero-order valence-corrected chi connectivity index (χ0v) is 16.9. The molecule has 0 N–H and O–H groups in total. The van der Waals surface area contributed by atoms with E-state index in [4.69, 9.17) is 4.74 Å². The van der Waals surface area contributed by atoms with E-state index in [1.807, 2.05) is 0 Å². The molecule has 170 valence electrons. The second kappa shape index (κ2) is 8.33. The highest BCUT2D eigenvalue weighted by Gasteiger charge is 2.43. The molecule has 0 fully saturated rings. The minimum atomic E-state index is -5.33. The van der Waals surface area contributed by atoms with E-state index in [2.05, 4.69) is 15.0 Å². The first-order chi connectivity index (χ1) is 14.8. The van der Waals surface area contributed by atoms with Crippen molar-refractivity contribution < 1.29 is 40.3 Å². The van der Waals surface area contributed by atoms with Crippen LogP contribution < -0.4 is 9.64 Å². The van der Waals surface area contributed by atoms with Gasteiger partial charge in [0.1, 0.15) is 33.6 Å². The molecule has 0 aliphatic rings. The van der Waals surface area contributed by atoms with Crippen molar-refractivity contribution in [3.8, 4) is 16.5 Å². The number of carbonyl (C=O) groups is 1. The topological polar surface area (TPSA) is 68.2 Å². The average molecular weight is 480 g/mol. The predicted octanol–water partition coefficient (Wildman–Crippen LogP) is 5.72. The molecule has 3 rings (SSSR count). The summed E-state index contributed by atoms with van der Waals surface area (Å²) in [5.41, 5.74) is -4.71. The third kappa shape index (κ3) is 4.79. The summed E-state index contributed by atoms with van der Waals surface area (Å²) in [5.74, 6) is -2.11. The minimum Gasteiger partial charge on any atom is -0.407 e. The molecule has 0 atom stereocenters. The Labute approximate surface area is 179 Å². The Morgan fingerprint density at radius 3 is 2.31 bits per heavy atom. The van der Waals surface area contributed by atoms with E-state index in [0.717, 1.165) is 25.4 Å². The standard InChI is InChI=1S/C18H11F7N4O2S/c1-8-10(19)3-4-12(27-8)29(2)16(30)31-14-9(17(20,21)22)7-11(18(23,24)25)28-13(14)15-26-5-6-32-15/h3-7H,1-2H3. The van der Waals surface area contributed by atoms with Crippen LogP contribution in [0.3, 0.4) is 0 Å². The number of aromatic nitrogens is 3. The van der Waals surface area contributed by atoms with Gasteiger partial charge in [0.05, 0.1) is 5.69 Å². The number of ether oxygens (including phenoxy) is 1. The van der Waals surface area contributed by atoms with Crippen LogP contribution in [0.2, 0.25) is 0 Å². The number of hydrogen-bond donors (Lipinski definition) is 0. The van der Waals surface area contributed by atoms with Crippen LogP contribution in [0.5, 0.6) is 5.75 Å². The van der Waals surface area contributed by atoms with Crippen LogP contribution >= 0.6 is 11.3 Å². The minimum absolute atomic E-state index is 0.0993. The number of carbonyl (C=O) groups excluding carboxylic acids is 1. The molecule has 0 bridgehead atoms. The molecule has 32 heavy (non-hydrogen) atoms. The summed E-state index contributed by atoms with van der Waals surface area (Å²) in [7, 11) is 1.08. The number of thiazole rings is 1. The molecule has 14 heteroatoms. The Hall–Kier alpha value is -3.29. The number of pyridine rings is 2. The van der Waals surface area contributed by atoms with E-state index in [-0.39, 0.29) is 22.6 Å². The monoisotopic (exact) mass is 480 g/mol. The van der Waals surface area contributed by atoms with Crippen LogP contribution in [-0.4, -0.2) is 28.1 Å². The van der Waals surface area contributed by atoms with Gasteiger partial charge < -0.3 is 4.74 Å². The lowest BCUT2D eigenvalue weighted by Gasteiger charge is -2.21. The molecule has 0 aliphatic heterocycles. The first kappa shape index (κ1) is 23.4. The van der Waals surface area contributed by atoms with Gasteiger partial charge in [-0.3, -0.25) is 4.90 Å². The number of halogens is 7. The molecule has 6 nitrogen and oxygen atoms in total. The van der Waals surface area contributed by atoms with E-state index >= 15 is 0 Å². The van der Waals surface area contributed by atoms with Crippen molar-refractivity contribution in [1.29, 1.82) is 0 Å². The number of alkyl halides is 6. The highest BCUT2D eigenvalue weighted by atomic mass is 32.1. The molecule has 3 heterocycles. The average Bonchev–Trinajstić information content (AvgIpc) is 3.22. The number of anilines is 1. The second-order valence-corrected chi connectivity index (χ2v) is 7.12. The Bertz CT molecular complexity index is 1150. The van der Waals surface area contributed by atoms with Gasteiger partial charge in [-0.1, -0.05) is 0 Å². The van der Waals surface area contributed by atoms with Crippen molar-refractivity contribution in [2.24, 2.45) is 0 Å². The number of amides is 1. The van der Waals surface area contributed by atoms with Crippen molar-refractivity contribution in [3.63, 3.8) is 0 Å². The van der Waals surface area contributed by atoms with Crippen LogP contribution in [-0.2, 0) is 12.4 Å². The van der Waals surface area contributed by atoms with Gasteiger partial charge in [0.2, 0.25) is 0 Å². The molecular formula is C18H11F7N4O2S. The molecule has 1 amide bonds. The summed E-state index contributed by atoms with van der Waals surface area (Å²) in [6, 6.07) is 1.80. The van der Waals surface area contributed by atoms with Gasteiger partial charge in [-0.05, 0) is 25.1 Å². The van der Waals surface area contributed by atoms with E-state index in [1.165, 1.54) is 12.3 Å². The van der Waals surface area contributed by atoms with Crippen molar-refractivity contribution >= 4 is 23.2 Å². The van der Waals surface area contributed by atoms with E-state index in [0.29, 0.717) is 16.2 Å². The fraction of sp³-hybridized carbons (Fsp3) is 0.222. The van der Waals surface area contributed by atoms with E-state index in [1.54, 1.807) is 0 Å². The van der Waals surface area contributed by atoms with Crippen molar-refractivity contribution in [3.05, 3.63) is 52.5 Å². The van der Waals surface area contributed by atoms with Gasteiger partial charge in [0.25, 0.3) is 0 Å². The normalized spacial score (nSPS) is 12.0. The first-order valence-electron chi connectivity index (χ1n) is 8.47. The molecule has 3 aromatic heterocycles. The fourth-order valence-electron chi connectivity index (χ4n) is 2.44. The lowest BCUT2D eigenvalue weighted by Crippen LogP contribution is -2.31. The largest absolute Gasteiger partial charge is 0.433 e. The molecule has 0 unspecified atom stereocenters. The Balaban J connectivity index is 2.13. The molecular weight excluding hydrogens is 469 g/mol. The molecule has 0 radical (unpaired) electrons. The molecule has 0 aromatic carbocycles. The van der Waals surface area contributed by atoms with Crippen molar-refractivity contribution in [1.82, 2.24) is 15.0 Å². The Kier molecular flexibility index (Phi) is 6.09. The maximum absolute atomic E-state index is 13.6. The summed E-state index contributed by atoms with van der Waals surface area (Å²) >= 11 is 0.697. The lowest BCUT2D eigenvalue weighted by molar-refractivity contribution is -0.145. The number of hydrogen-bond acceptors (Lipinski definition) is 6. The van der Waals surface area contributed by atoms with Crippen LogP contribution in [0.25, 0.3) is 10.7 Å². The number of aryl methyl sites for hydroxylation is 1. The van der Waals surface area contributed by atoms with Gasteiger partial charge in [0.15, 0.2) is 5.75 Å². The molecule has 3 aromatic rings. The highest BCUT2D eigenvalue weighted by Crippen LogP contribution is 2.44. The van der Waals surface area contributed by atoms with Gasteiger partial charge in [0, 0.05) is 18.6 Å². The van der Waals surface area contributed by atoms with Crippen LogP contribution in [0, 0.1) is 12.7 Å². The quantitative estimate of drug-likeness (QED) is 0.449. The Morgan fingerprint density at radius 2 is 1.78 bits per heavy atom. The van der Waals surface area contributed by atoms with Crippen LogP contribution in [0.15, 0.2) is 29.8 Å². The van der Waals surface area contributed by atoms with E-state index in [9.17, 15) is 35.5 Å². The summed E-state index contributed by atoms with van der Waals surface area (Å²) in [4.78, 5) is 23.9. The van der Waals surface area contributed by atoms with Gasteiger partial charge in [-0.15, -0.1) is 11.3 Å². The zero-order chi connectivity index (χ0) is 23.8. The molecule has 0 saturated heterocycles. The maximum atomic E-state index is 13.6. The zero-order valence-electron chi connectivity index (χ0n) is 16.0. The van der Waals surface area contributed by atoms with Gasteiger partial charge in [-0.25, -0.2) is 24.1 Å². The smallest absolute Gasteiger partial charge is 0.407 e. The van der Waals surface area contributed by atoms with E-state index < -0.39 is 47.0 Å². The highest BCUT2D eigenvalue weighted by molar-refractivity contribution is 7.13. The van der Waals surface area contributed by atoms with Gasteiger partial charge in [-0.2, -0.15) is 26.3 Å². The van der Waals surface area contributed by atoms with Crippen LogP contribution in [0.1, 0.15) is 17.0 Å². The maximum Gasteiger partial charge on any atom is 0.433 e.